The van der Waals surface area contributed by atoms with Gasteiger partial charge in [-0.15, -0.1) is 17.3 Å². The van der Waals surface area contributed by atoms with E-state index in [9.17, 15) is 9.59 Å². The fraction of sp³-hybridized carbons (Fsp3) is 0.417. The molecule has 2 amide bonds. The molecule has 0 saturated carbocycles. The molecule has 33 heavy (non-hydrogen) atoms. The van der Waals surface area contributed by atoms with Crippen molar-refractivity contribution < 1.29 is 14.3 Å². The number of hydrogen-bond acceptors (Lipinski definition) is 7. The number of guanidine groups is 1. The van der Waals surface area contributed by atoms with Gasteiger partial charge < -0.3 is 10.1 Å². The molecule has 9 heteroatoms. The Kier molecular flexibility index (Phi) is 5.99. The third kappa shape index (κ3) is 4.49. The van der Waals surface area contributed by atoms with Gasteiger partial charge in [-0.2, -0.15) is 0 Å². The lowest BCUT2D eigenvalue weighted by Crippen LogP contribution is -2.56. The van der Waals surface area contributed by atoms with Crippen molar-refractivity contribution in [2.75, 3.05) is 20.1 Å². The lowest BCUT2D eigenvalue weighted by atomic mass is 9.84. The summed E-state index contributed by atoms with van der Waals surface area (Å²) in [6.45, 7) is 8.16. The van der Waals surface area contributed by atoms with E-state index in [1.807, 2.05) is 18.2 Å². The van der Waals surface area contributed by atoms with Gasteiger partial charge in [0.2, 0.25) is 11.9 Å². The highest BCUT2D eigenvalue weighted by molar-refractivity contribution is 7.15. The number of carbonyl (C=O) groups excluding carboxylic acids is 2. The quantitative estimate of drug-likeness (QED) is 0.665. The summed E-state index contributed by atoms with van der Waals surface area (Å²) < 4.78 is 5.37. The summed E-state index contributed by atoms with van der Waals surface area (Å²) >= 11 is 1.57. The molecule has 2 aliphatic rings. The van der Waals surface area contributed by atoms with Gasteiger partial charge in [-0.05, 0) is 45.9 Å². The van der Waals surface area contributed by atoms with Crippen molar-refractivity contribution >= 4 is 29.3 Å². The molecule has 2 aromatic heterocycles. The molecule has 2 atom stereocenters. The van der Waals surface area contributed by atoms with Crippen LogP contribution in [-0.4, -0.2) is 53.6 Å². The number of aliphatic imine (C=N–C) groups is 1. The maximum atomic E-state index is 13.2. The second-order valence-electron chi connectivity index (χ2n) is 9.07. The number of ether oxygens (including phenoxy) is 1. The molecule has 0 spiro atoms. The van der Waals surface area contributed by atoms with E-state index < -0.39 is 17.2 Å². The zero-order chi connectivity index (χ0) is 23.8. The molecule has 4 rings (SSSR count). The van der Waals surface area contributed by atoms with Gasteiger partial charge >= 0.3 is 6.09 Å². The number of alkyl carbamates (subject to hydrolysis) is 1. The van der Waals surface area contributed by atoms with Crippen LogP contribution in [0.25, 0.3) is 10.4 Å². The number of amides is 2. The van der Waals surface area contributed by atoms with Gasteiger partial charge in [-0.25, -0.2) is 9.79 Å². The molecule has 1 unspecified atom stereocenters. The zero-order valence-corrected chi connectivity index (χ0v) is 20.2. The van der Waals surface area contributed by atoms with Crippen LogP contribution in [0.5, 0.6) is 0 Å². The Balaban J connectivity index is 1.71. The molecule has 4 heterocycles. The molecule has 0 aromatic carbocycles. The minimum absolute atomic E-state index is 0.0992. The number of aromatic nitrogens is 1. The zero-order valence-electron chi connectivity index (χ0n) is 19.4. The average molecular weight is 466 g/mol. The first-order chi connectivity index (χ1) is 15.6. The molecule has 2 N–H and O–H groups in total. The van der Waals surface area contributed by atoms with Crippen LogP contribution in [0.4, 0.5) is 4.79 Å². The number of nitrogens with one attached hydrogen (secondary N) is 2. The van der Waals surface area contributed by atoms with Crippen LogP contribution in [0.15, 0.2) is 35.6 Å². The summed E-state index contributed by atoms with van der Waals surface area (Å²) in [5.41, 5.74) is 0.343. The van der Waals surface area contributed by atoms with E-state index in [0.29, 0.717) is 13.1 Å². The number of thiophene rings is 1. The summed E-state index contributed by atoms with van der Waals surface area (Å²) in [5, 5.41) is 5.99. The van der Waals surface area contributed by atoms with E-state index in [-0.39, 0.29) is 17.8 Å². The molecular weight excluding hydrogens is 438 g/mol. The lowest BCUT2D eigenvalue weighted by Gasteiger charge is -2.38. The second-order valence-corrected chi connectivity index (χ2v) is 10.2. The highest BCUT2D eigenvalue weighted by atomic mass is 32.1. The SMILES string of the molecule is CC#Cc1cncc(-c2ccc([C@]34CNCC3C(=O)N(C)C(NC(=O)OC(C)(C)C)=N4)s2)c1. The van der Waals surface area contributed by atoms with E-state index in [4.69, 9.17) is 9.73 Å². The van der Waals surface area contributed by atoms with Gasteiger partial charge in [-0.3, -0.25) is 20.0 Å². The van der Waals surface area contributed by atoms with E-state index in [0.717, 1.165) is 20.9 Å². The van der Waals surface area contributed by atoms with Gasteiger partial charge in [-0.1, -0.05) is 5.92 Å². The van der Waals surface area contributed by atoms with Gasteiger partial charge in [0.25, 0.3) is 0 Å². The van der Waals surface area contributed by atoms with Crippen LogP contribution in [0, 0.1) is 17.8 Å². The molecule has 0 aliphatic carbocycles. The Morgan fingerprint density at radius 3 is 2.88 bits per heavy atom. The van der Waals surface area contributed by atoms with Crippen molar-refractivity contribution in [3.05, 3.63) is 41.0 Å². The number of carbonyl (C=O) groups is 2. The molecule has 0 radical (unpaired) electrons. The average Bonchev–Trinajstić information content (AvgIpc) is 3.39. The van der Waals surface area contributed by atoms with E-state index in [1.165, 1.54) is 4.90 Å². The largest absolute Gasteiger partial charge is 0.444 e. The van der Waals surface area contributed by atoms with Crippen LogP contribution in [0.3, 0.4) is 0 Å². The Labute approximate surface area is 197 Å². The molecule has 2 aromatic rings. The van der Waals surface area contributed by atoms with Crippen molar-refractivity contribution in [3.8, 4) is 22.3 Å². The predicted octanol–water partition coefficient (Wildman–Crippen LogP) is 2.95. The van der Waals surface area contributed by atoms with Gasteiger partial charge in [0.15, 0.2) is 0 Å². The third-order valence-electron chi connectivity index (χ3n) is 5.51. The van der Waals surface area contributed by atoms with Crippen molar-refractivity contribution in [1.82, 2.24) is 20.5 Å². The highest BCUT2D eigenvalue weighted by Crippen LogP contribution is 2.45. The van der Waals surface area contributed by atoms with Gasteiger partial charge in [0, 0.05) is 53.4 Å². The fourth-order valence-corrected chi connectivity index (χ4v) is 5.22. The second kappa shape index (κ2) is 8.61. The third-order valence-corrected chi connectivity index (χ3v) is 6.81. The highest BCUT2D eigenvalue weighted by Gasteiger charge is 2.54. The maximum absolute atomic E-state index is 13.2. The van der Waals surface area contributed by atoms with Crippen LogP contribution >= 0.6 is 11.3 Å². The predicted molar refractivity (Wildman–Crippen MR) is 128 cm³/mol. The molecule has 172 valence electrons. The fourth-order valence-electron chi connectivity index (χ4n) is 4.04. The number of fused-ring (bicyclic) bond motifs is 1. The molecule has 1 fully saturated rings. The number of nitrogens with zero attached hydrogens (tertiary/aromatic N) is 3. The first kappa shape index (κ1) is 23.0. The lowest BCUT2D eigenvalue weighted by molar-refractivity contribution is -0.132. The Hall–Kier alpha value is -3.22. The summed E-state index contributed by atoms with van der Waals surface area (Å²) in [6, 6.07) is 6.02. The Morgan fingerprint density at radius 1 is 1.36 bits per heavy atom. The normalized spacial score (nSPS) is 22.2. The number of rotatable bonds is 2. The van der Waals surface area contributed by atoms with Crippen molar-refractivity contribution in [3.63, 3.8) is 0 Å². The monoisotopic (exact) mass is 465 g/mol. The van der Waals surface area contributed by atoms with Crippen molar-refractivity contribution in [1.29, 1.82) is 0 Å². The first-order valence-corrected chi connectivity index (χ1v) is 11.5. The van der Waals surface area contributed by atoms with Crippen LogP contribution < -0.4 is 10.6 Å². The molecule has 2 aliphatic heterocycles. The maximum Gasteiger partial charge on any atom is 0.414 e. The molecule has 0 bridgehead atoms. The number of pyridine rings is 1. The minimum atomic E-state index is -0.800. The van der Waals surface area contributed by atoms with Crippen LogP contribution in [0.1, 0.15) is 38.1 Å². The van der Waals surface area contributed by atoms with Gasteiger partial charge in [0.1, 0.15) is 11.1 Å². The Bertz CT molecular complexity index is 1190. The topological polar surface area (TPSA) is 95.9 Å². The van der Waals surface area contributed by atoms with Crippen LogP contribution in [-0.2, 0) is 15.1 Å². The Morgan fingerprint density at radius 2 is 2.15 bits per heavy atom. The number of hydrogen-bond donors (Lipinski definition) is 2. The summed E-state index contributed by atoms with van der Waals surface area (Å²) in [5.74, 6) is 5.64. The molecule has 1 saturated heterocycles. The smallest absolute Gasteiger partial charge is 0.414 e. The molecular formula is C24H27N5O3S. The van der Waals surface area contributed by atoms with E-state index in [2.05, 4.69) is 27.5 Å². The van der Waals surface area contributed by atoms with Crippen molar-refractivity contribution in [2.45, 2.75) is 38.8 Å². The van der Waals surface area contributed by atoms with Gasteiger partial charge in [0.05, 0.1) is 5.92 Å². The standard InChI is InChI=1S/C24H27N5O3S/c1-6-7-15-10-16(12-25-11-15)18-8-9-19(33-18)24-14-26-13-17(24)20(30)29(5)21(28-24)27-22(31)32-23(2,3)4/h8-12,17,26H,13-14H2,1-5H3,(H,27,28,31)/t17?,24-/m0/s1. The minimum Gasteiger partial charge on any atom is -0.444 e. The first-order valence-electron chi connectivity index (χ1n) is 10.7. The van der Waals surface area contributed by atoms with E-state index in [1.54, 1.807) is 58.5 Å². The summed E-state index contributed by atoms with van der Waals surface area (Å²) in [6.07, 6.45) is 2.89. The van der Waals surface area contributed by atoms with Crippen LogP contribution in [0.2, 0.25) is 0 Å². The van der Waals surface area contributed by atoms with Crippen molar-refractivity contribution in [2.24, 2.45) is 10.9 Å². The summed E-state index contributed by atoms with van der Waals surface area (Å²) in [7, 11) is 1.62. The molecule has 8 nitrogen and oxygen atoms in total. The van der Waals surface area contributed by atoms with E-state index >= 15 is 0 Å². The summed E-state index contributed by atoms with van der Waals surface area (Å²) in [4.78, 5) is 38.2.